The summed E-state index contributed by atoms with van der Waals surface area (Å²) in [4.78, 5) is 10.7. The second-order valence-corrected chi connectivity index (χ2v) is 7.22. The minimum Gasteiger partial charge on any atom is -0.366 e. The van der Waals surface area contributed by atoms with Crippen molar-refractivity contribution in [3.63, 3.8) is 0 Å². The molecule has 0 radical (unpaired) electrons. The summed E-state index contributed by atoms with van der Waals surface area (Å²) in [5.41, 5.74) is 0.162. The van der Waals surface area contributed by atoms with Gasteiger partial charge in [0.15, 0.2) is 0 Å². The summed E-state index contributed by atoms with van der Waals surface area (Å²) >= 11 is 7.61. The minimum absolute atomic E-state index is 0.162. The van der Waals surface area contributed by atoms with E-state index in [0.29, 0.717) is 11.3 Å². The van der Waals surface area contributed by atoms with Crippen LogP contribution in [0.5, 0.6) is 0 Å². The molecule has 2 rings (SSSR count). The Kier molecular flexibility index (Phi) is 3.52. The molecule has 0 aromatic carbocycles. The van der Waals surface area contributed by atoms with Crippen LogP contribution in [0.4, 0.5) is 5.82 Å². The van der Waals surface area contributed by atoms with Crippen molar-refractivity contribution in [1.82, 2.24) is 9.97 Å². The molecular formula is C13H18ClN3S. The Morgan fingerprint density at radius 1 is 1.33 bits per heavy atom. The van der Waals surface area contributed by atoms with Crippen molar-refractivity contribution in [1.29, 1.82) is 0 Å². The number of halogens is 1. The number of nitrogens with zero attached hydrogens (tertiary/aromatic N) is 2. The van der Waals surface area contributed by atoms with Crippen molar-refractivity contribution in [2.45, 2.75) is 40.7 Å². The lowest BCUT2D eigenvalue weighted by molar-refractivity contribution is 0.359. The smallest absolute Gasteiger partial charge is 0.225 e. The van der Waals surface area contributed by atoms with Crippen LogP contribution in [0.15, 0.2) is 6.07 Å². The highest BCUT2D eigenvalue weighted by Crippen LogP contribution is 2.31. The largest absolute Gasteiger partial charge is 0.366 e. The molecule has 5 heteroatoms. The van der Waals surface area contributed by atoms with Gasteiger partial charge in [0.05, 0.1) is 5.39 Å². The molecular weight excluding hydrogens is 266 g/mol. The first-order chi connectivity index (χ1) is 8.27. The average molecular weight is 284 g/mol. The van der Waals surface area contributed by atoms with Gasteiger partial charge in [-0.05, 0) is 36.9 Å². The van der Waals surface area contributed by atoms with Gasteiger partial charge in [0, 0.05) is 10.9 Å². The molecule has 0 bridgehead atoms. The number of anilines is 1. The third kappa shape index (κ3) is 2.75. The van der Waals surface area contributed by atoms with Crippen LogP contribution in [0.25, 0.3) is 10.2 Å². The number of thiophene rings is 1. The number of hydrogen-bond acceptors (Lipinski definition) is 4. The Morgan fingerprint density at radius 2 is 2.00 bits per heavy atom. The zero-order valence-electron chi connectivity index (χ0n) is 11.3. The maximum absolute atomic E-state index is 5.98. The van der Waals surface area contributed by atoms with Gasteiger partial charge >= 0.3 is 0 Å². The molecule has 2 heterocycles. The van der Waals surface area contributed by atoms with Crippen LogP contribution >= 0.6 is 22.9 Å². The normalized spacial score (nSPS) is 13.9. The lowest BCUT2D eigenvalue weighted by Crippen LogP contribution is -2.31. The molecule has 0 aliphatic carbocycles. The van der Waals surface area contributed by atoms with Crippen LogP contribution in [0.3, 0.4) is 0 Å². The maximum Gasteiger partial charge on any atom is 0.225 e. The maximum atomic E-state index is 5.98. The zero-order chi connectivity index (χ0) is 13.5. The molecule has 1 N–H and O–H groups in total. The number of aromatic nitrogens is 2. The van der Waals surface area contributed by atoms with Crippen LogP contribution in [-0.4, -0.2) is 16.0 Å². The summed E-state index contributed by atoms with van der Waals surface area (Å²) in [5.74, 6) is 0.830. The number of aryl methyl sites for hydroxylation is 1. The molecule has 1 unspecified atom stereocenters. The van der Waals surface area contributed by atoms with Crippen LogP contribution in [0.1, 0.15) is 32.6 Å². The van der Waals surface area contributed by atoms with Crippen LogP contribution in [-0.2, 0) is 0 Å². The van der Waals surface area contributed by atoms with Crippen molar-refractivity contribution in [2.24, 2.45) is 5.41 Å². The molecule has 18 heavy (non-hydrogen) atoms. The van der Waals surface area contributed by atoms with Gasteiger partial charge < -0.3 is 5.32 Å². The molecule has 1 atom stereocenters. The predicted molar refractivity (Wildman–Crippen MR) is 79.7 cm³/mol. The van der Waals surface area contributed by atoms with E-state index in [4.69, 9.17) is 11.6 Å². The standard InChI is InChI=1S/C13H18ClN3S/c1-7-6-9-10(15-8(2)13(3,4)5)16-12(14)17-11(9)18-7/h6,8H,1-5H3,(H,15,16,17). The zero-order valence-corrected chi connectivity index (χ0v) is 12.9. The molecule has 0 saturated carbocycles. The SMILES string of the molecule is Cc1cc2c(NC(C)C(C)(C)C)nc(Cl)nc2s1. The van der Waals surface area contributed by atoms with E-state index >= 15 is 0 Å². The Hall–Kier alpha value is -0.870. The first-order valence-electron chi connectivity index (χ1n) is 5.97. The second-order valence-electron chi connectivity index (χ2n) is 5.65. The van der Waals surface area contributed by atoms with Crippen molar-refractivity contribution in [2.75, 3.05) is 5.32 Å². The van der Waals surface area contributed by atoms with Crippen LogP contribution in [0.2, 0.25) is 5.28 Å². The summed E-state index contributed by atoms with van der Waals surface area (Å²) in [6, 6.07) is 2.40. The van der Waals surface area contributed by atoms with E-state index in [1.54, 1.807) is 11.3 Å². The molecule has 0 fully saturated rings. The lowest BCUT2D eigenvalue weighted by atomic mass is 9.88. The first kappa shape index (κ1) is 13.6. The van der Waals surface area contributed by atoms with E-state index < -0.39 is 0 Å². The van der Waals surface area contributed by atoms with E-state index in [2.05, 4.69) is 56.0 Å². The van der Waals surface area contributed by atoms with Gasteiger partial charge in [0.2, 0.25) is 5.28 Å². The number of nitrogens with one attached hydrogen (secondary N) is 1. The molecule has 3 nitrogen and oxygen atoms in total. The molecule has 0 aliphatic heterocycles. The fraction of sp³-hybridized carbons (Fsp3) is 0.538. The van der Waals surface area contributed by atoms with E-state index in [9.17, 15) is 0 Å². The van der Waals surface area contributed by atoms with Crippen molar-refractivity contribution >= 4 is 39.0 Å². The van der Waals surface area contributed by atoms with Crippen LogP contribution < -0.4 is 5.32 Å². The summed E-state index contributed by atoms with van der Waals surface area (Å²) in [7, 11) is 0. The predicted octanol–water partition coefficient (Wildman–Crippen LogP) is 4.50. The quantitative estimate of drug-likeness (QED) is 0.825. The third-order valence-corrected chi connectivity index (χ3v) is 4.25. The third-order valence-electron chi connectivity index (χ3n) is 3.14. The van der Waals surface area contributed by atoms with Crippen molar-refractivity contribution in [3.8, 4) is 0 Å². The fourth-order valence-corrected chi connectivity index (χ4v) is 2.65. The minimum atomic E-state index is 0.162. The summed E-state index contributed by atoms with van der Waals surface area (Å²) in [5, 5.41) is 4.80. The van der Waals surface area contributed by atoms with Crippen LogP contribution in [0, 0.1) is 12.3 Å². The van der Waals surface area contributed by atoms with Gasteiger partial charge in [-0.25, -0.2) is 9.97 Å². The molecule has 0 amide bonds. The molecule has 2 aromatic rings. The van der Waals surface area contributed by atoms with E-state index in [1.807, 2.05) is 0 Å². The van der Waals surface area contributed by atoms with Gasteiger partial charge in [0.25, 0.3) is 0 Å². The van der Waals surface area contributed by atoms with E-state index in [0.717, 1.165) is 16.0 Å². The highest BCUT2D eigenvalue weighted by molar-refractivity contribution is 7.18. The second kappa shape index (κ2) is 4.67. The van der Waals surface area contributed by atoms with Gasteiger partial charge in [-0.2, -0.15) is 0 Å². The first-order valence-corrected chi connectivity index (χ1v) is 7.17. The number of rotatable bonds is 2. The number of fused-ring (bicyclic) bond motifs is 1. The van der Waals surface area contributed by atoms with E-state index in [1.165, 1.54) is 4.88 Å². The van der Waals surface area contributed by atoms with Gasteiger partial charge in [-0.1, -0.05) is 20.8 Å². The van der Waals surface area contributed by atoms with Crippen molar-refractivity contribution in [3.05, 3.63) is 16.2 Å². The van der Waals surface area contributed by atoms with Gasteiger partial charge in [-0.15, -0.1) is 11.3 Å². The van der Waals surface area contributed by atoms with Gasteiger partial charge in [0.1, 0.15) is 10.6 Å². The Labute approximate surface area is 117 Å². The lowest BCUT2D eigenvalue weighted by Gasteiger charge is -2.28. The summed E-state index contributed by atoms with van der Waals surface area (Å²) in [6.07, 6.45) is 0. The highest BCUT2D eigenvalue weighted by atomic mass is 35.5. The molecule has 0 saturated heterocycles. The van der Waals surface area contributed by atoms with E-state index in [-0.39, 0.29) is 5.41 Å². The Morgan fingerprint density at radius 3 is 2.61 bits per heavy atom. The Bertz CT molecular complexity index is 571. The molecule has 98 valence electrons. The average Bonchev–Trinajstić information content (AvgIpc) is 2.56. The Balaban J connectivity index is 2.44. The van der Waals surface area contributed by atoms with Gasteiger partial charge in [-0.3, -0.25) is 0 Å². The fourth-order valence-electron chi connectivity index (χ4n) is 1.55. The number of hydrogen-bond donors (Lipinski definition) is 1. The molecule has 2 aromatic heterocycles. The molecule has 0 spiro atoms. The highest BCUT2D eigenvalue weighted by Gasteiger charge is 2.21. The summed E-state index contributed by atoms with van der Waals surface area (Å²) in [6.45, 7) is 10.8. The summed E-state index contributed by atoms with van der Waals surface area (Å²) < 4.78 is 0. The van der Waals surface area contributed by atoms with Crippen molar-refractivity contribution < 1.29 is 0 Å². The monoisotopic (exact) mass is 283 g/mol. The molecule has 0 aliphatic rings. The topological polar surface area (TPSA) is 37.8 Å².